The Morgan fingerprint density at radius 3 is 1.69 bits per heavy atom. The molecule has 0 saturated heterocycles. The Kier molecular flexibility index (Phi) is 5.58. The van der Waals surface area contributed by atoms with Crippen LogP contribution >= 0.6 is 0 Å². The van der Waals surface area contributed by atoms with E-state index in [2.05, 4.69) is 172 Å². The number of hydrogen-bond donors (Lipinski definition) is 0. The molecule has 0 aliphatic heterocycles. The second-order valence-corrected chi connectivity index (χ2v) is 13.7. The maximum absolute atomic E-state index is 5.51. The molecule has 0 N–H and O–H groups in total. The molecule has 0 atom stereocenters. The Hall–Kier alpha value is -5.86. The molecular formula is C46H32N2. The monoisotopic (exact) mass is 612 g/mol. The lowest BCUT2D eigenvalue weighted by Crippen LogP contribution is -2.41. The zero-order valence-corrected chi connectivity index (χ0v) is 26.9. The molecule has 2 aliphatic carbocycles. The lowest BCUT2D eigenvalue weighted by Gasteiger charge is -2.47. The number of rotatable bonds is 2. The van der Waals surface area contributed by atoms with Crippen molar-refractivity contribution in [3.63, 3.8) is 0 Å². The molecule has 1 aromatic heterocycles. The molecule has 2 heteroatoms. The Morgan fingerprint density at radius 1 is 0.396 bits per heavy atom. The van der Waals surface area contributed by atoms with Gasteiger partial charge in [0.05, 0.1) is 16.6 Å². The zero-order valence-electron chi connectivity index (χ0n) is 26.9. The summed E-state index contributed by atoms with van der Waals surface area (Å²) in [7, 11) is 0. The minimum absolute atomic E-state index is 0.311. The van der Waals surface area contributed by atoms with Gasteiger partial charge in [-0.1, -0.05) is 166 Å². The molecule has 0 unspecified atom stereocenters. The number of nitrogens with zero attached hydrogens (tertiary/aromatic N) is 2. The highest BCUT2D eigenvalue weighted by atomic mass is 14.9. The van der Waals surface area contributed by atoms with Crippen LogP contribution < -0.4 is 0 Å². The molecule has 0 saturated carbocycles. The number of hydrogen-bond acceptors (Lipinski definition) is 2. The van der Waals surface area contributed by atoms with Crippen molar-refractivity contribution in [1.29, 1.82) is 0 Å². The molecule has 7 aromatic carbocycles. The van der Waals surface area contributed by atoms with Crippen LogP contribution in [0.3, 0.4) is 0 Å². The van der Waals surface area contributed by atoms with Crippen molar-refractivity contribution in [2.24, 2.45) is 0 Å². The molecule has 0 bridgehead atoms. The van der Waals surface area contributed by atoms with Crippen LogP contribution in [0.2, 0.25) is 0 Å². The fraction of sp³-hybridized carbons (Fsp3) is 0.0870. The maximum atomic E-state index is 5.51. The summed E-state index contributed by atoms with van der Waals surface area (Å²) in [5.74, 6) is 0.760. The van der Waals surface area contributed by atoms with E-state index < -0.39 is 5.41 Å². The van der Waals surface area contributed by atoms with E-state index in [0.717, 1.165) is 33.5 Å². The molecule has 2 aliphatic rings. The molecular weight excluding hydrogens is 581 g/mol. The fourth-order valence-electron chi connectivity index (χ4n) is 9.01. The molecule has 226 valence electrons. The number of para-hydroxylation sites is 1. The molecule has 10 rings (SSSR count). The Labute approximate surface area is 280 Å². The number of fused-ring (bicyclic) bond motifs is 11. The van der Waals surface area contributed by atoms with E-state index in [9.17, 15) is 0 Å². The van der Waals surface area contributed by atoms with Crippen LogP contribution in [-0.2, 0) is 10.8 Å². The van der Waals surface area contributed by atoms with E-state index in [4.69, 9.17) is 9.97 Å². The third-order valence-electron chi connectivity index (χ3n) is 10.9. The molecule has 0 fully saturated rings. The van der Waals surface area contributed by atoms with Gasteiger partial charge in [0.1, 0.15) is 0 Å². The highest BCUT2D eigenvalue weighted by Crippen LogP contribution is 2.63. The first-order valence-corrected chi connectivity index (χ1v) is 16.8. The summed E-state index contributed by atoms with van der Waals surface area (Å²) < 4.78 is 0. The summed E-state index contributed by atoms with van der Waals surface area (Å²) in [4.78, 5) is 10.8. The first-order valence-electron chi connectivity index (χ1n) is 16.8. The summed E-state index contributed by atoms with van der Waals surface area (Å²) >= 11 is 0. The maximum Gasteiger partial charge on any atom is 0.160 e. The third-order valence-corrected chi connectivity index (χ3v) is 10.9. The average Bonchev–Trinajstić information content (AvgIpc) is 3.44. The smallest absolute Gasteiger partial charge is 0.160 e. The summed E-state index contributed by atoms with van der Waals surface area (Å²) in [6.45, 7) is 4.75. The Bertz CT molecular complexity index is 2560. The SMILES string of the molecule is CC1(C)c2ccccc2C2(c3ccccc3-c3ccccc32)c2cccc(-c3nc(-c4cccc5ccccc45)c4ccccc4n3)c21. The largest absolute Gasteiger partial charge is 0.228 e. The zero-order chi connectivity index (χ0) is 32.0. The van der Waals surface area contributed by atoms with E-state index in [-0.39, 0.29) is 5.41 Å². The first kappa shape index (κ1) is 27.3. The summed E-state index contributed by atoms with van der Waals surface area (Å²) in [6.07, 6.45) is 0. The topological polar surface area (TPSA) is 25.8 Å². The van der Waals surface area contributed by atoms with Crippen LogP contribution in [0, 0.1) is 0 Å². The van der Waals surface area contributed by atoms with Gasteiger partial charge in [0.25, 0.3) is 0 Å². The van der Waals surface area contributed by atoms with Gasteiger partial charge in [0.2, 0.25) is 0 Å². The van der Waals surface area contributed by atoms with Gasteiger partial charge in [-0.05, 0) is 61.3 Å². The second kappa shape index (κ2) is 9.82. The van der Waals surface area contributed by atoms with Crippen molar-refractivity contribution >= 4 is 21.7 Å². The minimum Gasteiger partial charge on any atom is -0.228 e. The van der Waals surface area contributed by atoms with Crippen molar-refractivity contribution in [3.05, 3.63) is 191 Å². The highest BCUT2D eigenvalue weighted by Gasteiger charge is 2.53. The van der Waals surface area contributed by atoms with Gasteiger partial charge in [0, 0.05) is 21.9 Å². The van der Waals surface area contributed by atoms with Crippen molar-refractivity contribution < 1.29 is 0 Å². The molecule has 0 radical (unpaired) electrons. The quantitative estimate of drug-likeness (QED) is 0.194. The molecule has 48 heavy (non-hydrogen) atoms. The molecule has 8 aromatic rings. The van der Waals surface area contributed by atoms with Gasteiger partial charge in [-0.2, -0.15) is 0 Å². The fourth-order valence-corrected chi connectivity index (χ4v) is 9.01. The summed E-state index contributed by atoms with van der Waals surface area (Å²) in [6, 6.07) is 57.4. The second-order valence-electron chi connectivity index (χ2n) is 13.7. The van der Waals surface area contributed by atoms with E-state index in [1.165, 1.54) is 55.3 Å². The van der Waals surface area contributed by atoms with Crippen LogP contribution in [0.25, 0.3) is 55.4 Å². The van der Waals surface area contributed by atoms with Crippen LogP contribution in [0.1, 0.15) is 47.2 Å². The van der Waals surface area contributed by atoms with Gasteiger partial charge < -0.3 is 0 Å². The first-order chi connectivity index (χ1) is 23.6. The van der Waals surface area contributed by atoms with Gasteiger partial charge in [-0.25, -0.2) is 9.97 Å². The molecule has 0 amide bonds. The van der Waals surface area contributed by atoms with Crippen LogP contribution in [0.4, 0.5) is 0 Å². The molecule has 1 heterocycles. The Morgan fingerprint density at radius 2 is 0.917 bits per heavy atom. The predicted molar refractivity (Wildman–Crippen MR) is 197 cm³/mol. The van der Waals surface area contributed by atoms with Crippen molar-refractivity contribution in [3.8, 4) is 33.8 Å². The lowest BCUT2D eigenvalue weighted by atomic mass is 9.55. The van der Waals surface area contributed by atoms with Gasteiger partial charge in [-0.15, -0.1) is 0 Å². The predicted octanol–water partition coefficient (Wildman–Crippen LogP) is 11.1. The number of aromatic nitrogens is 2. The lowest BCUT2D eigenvalue weighted by molar-refractivity contribution is 0.564. The van der Waals surface area contributed by atoms with E-state index in [0.29, 0.717) is 0 Å². The van der Waals surface area contributed by atoms with E-state index >= 15 is 0 Å². The summed E-state index contributed by atoms with van der Waals surface area (Å²) in [5, 5.41) is 3.45. The molecule has 1 spiro atoms. The van der Waals surface area contributed by atoms with Crippen LogP contribution in [0.15, 0.2) is 158 Å². The van der Waals surface area contributed by atoms with Gasteiger partial charge in [0.15, 0.2) is 5.82 Å². The van der Waals surface area contributed by atoms with Crippen LogP contribution in [0.5, 0.6) is 0 Å². The standard InChI is InChI=1S/C46H32N2/c1-45(2)38-25-10-11-26-39(38)46(36-23-8-5-18-31(36)32-19-6-9-24-37(32)46)40-27-14-22-35(42(40)45)44-47-41-28-12-7-20-34(41)43(48-44)33-21-13-16-29-15-3-4-17-30(29)33/h3-28H,1-2H3. The van der Waals surface area contributed by atoms with Crippen LogP contribution in [-0.4, -0.2) is 9.97 Å². The van der Waals surface area contributed by atoms with Gasteiger partial charge in [-0.3, -0.25) is 0 Å². The highest BCUT2D eigenvalue weighted by molar-refractivity contribution is 6.03. The van der Waals surface area contributed by atoms with E-state index in [1.807, 2.05) is 0 Å². The third kappa shape index (κ3) is 3.47. The average molecular weight is 613 g/mol. The normalized spacial score (nSPS) is 14.8. The number of benzene rings is 7. The Balaban J connectivity index is 1.33. The summed E-state index contributed by atoms with van der Waals surface area (Å²) in [5.41, 5.74) is 13.9. The van der Waals surface area contributed by atoms with Gasteiger partial charge >= 0.3 is 0 Å². The molecule has 2 nitrogen and oxygen atoms in total. The van der Waals surface area contributed by atoms with Crippen molar-refractivity contribution in [2.75, 3.05) is 0 Å². The van der Waals surface area contributed by atoms with Crippen molar-refractivity contribution in [1.82, 2.24) is 9.97 Å². The minimum atomic E-state index is -0.458. The van der Waals surface area contributed by atoms with E-state index in [1.54, 1.807) is 0 Å². The van der Waals surface area contributed by atoms with Crippen molar-refractivity contribution in [2.45, 2.75) is 24.7 Å².